The highest BCUT2D eigenvalue weighted by molar-refractivity contribution is 6.09. The minimum absolute atomic E-state index is 0.907. The summed E-state index contributed by atoms with van der Waals surface area (Å²) in [7, 11) is 0. The van der Waals surface area contributed by atoms with Crippen molar-refractivity contribution in [2.45, 2.75) is 6.92 Å². The van der Waals surface area contributed by atoms with Crippen molar-refractivity contribution in [2.24, 2.45) is 0 Å². The average molecular weight is 601 g/mol. The summed E-state index contributed by atoms with van der Waals surface area (Å²) in [5.74, 6) is 0. The predicted octanol–water partition coefficient (Wildman–Crippen LogP) is 10.9. The molecule has 47 heavy (non-hydrogen) atoms. The number of hydrogen-bond acceptors (Lipinski definition) is 4. The summed E-state index contributed by atoms with van der Waals surface area (Å²) >= 11 is 0. The van der Waals surface area contributed by atoms with Gasteiger partial charge in [0.25, 0.3) is 0 Å². The normalized spacial score (nSPS) is 11.5. The van der Waals surface area contributed by atoms with Gasteiger partial charge in [-0.1, -0.05) is 109 Å². The van der Waals surface area contributed by atoms with Crippen LogP contribution in [0.25, 0.3) is 88.4 Å². The van der Waals surface area contributed by atoms with Crippen LogP contribution in [0.2, 0.25) is 0 Å². The van der Waals surface area contributed by atoms with Gasteiger partial charge in [0, 0.05) is 45.1 Å². The highest BCUT2D eigenvalue weighted by Gasteiger charge is 2.14. The molecule has 4 heterocycles. The standard InChI is InChI=1S/C43H28N4/c1-27-26-32(38-20-15-30-12-18-36-34(28-8-4-2-5-9-28)22-24-44-42(36)40(30)46-38)14-17-33(27)39-21-16-31-13-19-37-35(29-10-6-3-7-11-29)23-25-45-43(37)41(31)47-39/h2-26H,1H3. The summed E-state index contributed by atoms with van der Waals surface area (Å²) in [5.41, 5.74) is 13.4. The lowest BCUT2D eigenvalue weighted by Crippen LogP contribution is -1.93. The first-order valence-electron chi connectivity index (χ1n) is 15.8. The highest BCUT2D eigenvalue weighted by atomic mass is 14.8. The largest absolute Gasteiger partial charge is 0.254 e. The third kappa shape index (κ3) is 4.62. The molecule has 0 fully saturated rings. The number of fused-ring (bicyclic) bond motifs is 6. The number of aryl methyl sites for hydroxylation is 1. The van der Waals surface area contributed by atoms with Crippen LogP contribution in [0.3, 0.4) is 0 Å². The second-order valence-electron chi connectivity index (χ2n) is 11.9. The van der Waals surface area contributed by atoms with Crippen LogP contribution in [0.5, 0.6) is 0 Å². The molecular formula is C43H28N4. The Kier molecular flexibility index (Phi) is 6.32. The molecule has 0 amide bonds. The molecule has 0 saturated heterocycles. The van der Waals surface area contributed by atoms with Crippen molar-refractivity contribution >= 4 is 43.6 Å². The fourth-order valence-electron chi connectivity index (χ4n) is 6.76. The summed E-state index contributed by atoms with van der Waals surface area (Å²) in [6.45, 7) is 2.14. The molecule has 0 saturated carbocycles. The highest BCUT2D eigenvalue weighted by Crippen LogP contribution is 2.35. The van der Waals surface area contributed by atoms with Crippen LogP contribution in [0.1, 0.15) is 5.56 Å². The third-order valence-corrected chi connectivity index (χ3v) is 9.11. The zero-order chi connectivity index (χ0) is 31.3. The quantitative estimate of drug-likeness (QED) is 0.189. The SMILES string of the molecule is Cc1cc(-c2ccc3ccc4c(-c5ccccc5)ccnc4c3n2)ccc1-c1ccc2ccc3c(-c4ccccc4)ccnc3c2n1. The second kappa shape index (κ2) is 11.0. The van der Waals surface area contributed by atoms with E-state index in [0.717, 1.165) is 82.8 Å². The van der Waals surface area contributed by atoms with Crippen LogP contribution < -0.4 is 0 Å². The molecule has 4 nitrogen and oxygen atoms in total. The van der Waals surface area contributed by atoms with Crippen LogP contribution in [0.15, 0.2) is 152 Å². The van der Waals surface area contributed by atoms with Gasteiger partial charge in [-0.25, -0.2) is 9.97 Å². The van der Waals surface area contributed by atoms with E-state index in [1.54, 1.807) is 0 Å². The van der Waals surface area contributed by atoms with Gasteiger partial charge < -0.3 is 0 Å². The lowest BCUT2D eigenvalue weighted by atomic mass is 9.97. The Labute approximate surface area is 272 Å². The van der Waals surface area contributed by atoms with Gasteiger partial charge in [-0.15, -0.1) is 0 Å². The summed E-state index contributed by atoms with van der Waals surface area (Å²) < 4.78 is 0. The monoisotopic (exact) mass is 600 g/mol. The number of benzene rings is 5. The first-order valence-corrected chi connectivity index (χ1v) is 15.8. The van der Waals surface area contributed by atoms with E-state index in [9.17, 15) is 0 Å². The van der Waals surface area contributed by atoms with Crippen LogP contribution in [-0.4, -0.2) is 19.9 Å². The van der Waals surface area contributed by atoms with Crippen LogP contribution in [0.4, 0.5) is 0 Å². The van der Waals surface area contributed by atoms with E-state index >= 15 is 0 Å². The van der Waals surface area contributed by atoms with Gasteiger partial charge in [-0.05, 0) is 65.1 Å². The van der Waals surface area contributed by atoms with E-state index in [-0.39, 0.29) is 0 Å². The maximum absolute atomic E-state index is 5.19. The van der Waals surface area contributed by atoms with Gasteiger partial charge in [-0.3, -0.25) is 9.97 Å². The van der Waals surface area contributed by atoms with E-state index in [1.165, 1.54) is 11.1 Å². The molecule has 0 aliphatic rings. The van der Waals surface area contributed by atoms with Crippen molar-refractivity contribution in [3.05, 3.63) is 157 Å². The third-order valence-electron chi connectivity index (χ3n) is 9.11. The fourth-order valence-corrected chi connectivity index (χ4v) is 6.76. The van der Waals surface area contributed by atoms with Gasteiger partial charge in [0.1, 0.15) is 0 Å². The summed E-state index contributed by atoms with van der Waals surface area (Å²) in [4.78, 5) is 20.0. The minimum Gasteiger partial charge on any atom is -0.254 e. The number of aromatic nitrogens is 4. The first kappa shape index (κ1) is 27.1. The molecule has 0 aliphatic carbocycles. The van der Waals surface area contributed by atoms with Gasteiger partial charge in [0.2, 0.25) is 0 Å². The molecular weight excluding hydrogens is 573 g/mol. The Balaban J connectivity index is 1.12. The molecule has 5 aromatic carbocycles. The van der Waals surface area contributed by atoms with Crippen molar-refractivity contribution in [3.63, 3.8) is 0 Å². The Morgan fingerprint density at radius 3 is 1.45 bits per heavy atom. The number of hydrogen-bond donors (Lipinski definition) is 0. The fraction of sp³-hybridized carbons (Fsp3) is 0.0233. The molecule has 0 unspecified atom stereocenters. The number of pyridine rings is 4. The molecule has 4 aromatic heterocycles. The van der Waals surface area contributed by atoms with Crippen molar-refractivity contribution in [1.82, 2.24) is 19.9 Å². The van der Waals surface area contributed by atoms with Crippen molar-refractivity contribution in [2.75, 3.05) is 0 Å². The molecule has 0 radical (unpaired) electrons. The molecule has 0 bridgehead atoms. The van der Waals surface area contributed by atoms with Crippen molar-refractivity contribution < 1.29 is 0 Å². The zero-order valence-corrected chi connectivity index (χ0v) is 25.7. The van der Waals surface area contributed by atoms with E-state index in [1.807, 2.05) is 24.5 Å². The molecule has 220 valence electrons. The number of nitrogens with zero attached hydrogens (tertiary/aromatic N) is 4. The Bertz CT molecular complexity index is 2630. The molecule has 9 aromatic rings. The second-order valence-corrected chi connectivity index (χ2v) is 11.9. The molecule has 0 spiro atoms. The van der Waals surface area contributed by atoms with Crippen LogP contribution >= 0.6 is 0 Å². The predicted molar refractivity (Wildman–Crippen MR) is 194 cm³/mol. The van der Waals surface area contributed by atoms with Crippen molar-refractivity contribution in [3.8, 4) is 44.8 Å². The van der Waals surface area contributed by atoms with Gasteiger partial charge in [0.05, 0.1) is 33.5 Å². The summed E-state index contributed by atoms with van der Waals surface area (Å²) in [6.07, 6.45) is 3.77. The number of rotatable bonds is 4. The molecule has 0 aliphatic heterocycles. The van der Waals surface area contributed by atoms with Gasteiger partial charge >= 0.3 is 0 Å². The lowest BCUT2D eigenvalue weighted by Gasteiger charge is -2.12. The maximum atomic E-state index is 5.19. The van der Waals surface area contributed by atoms with E-state index in [2.05, 4.69) is 134 Å². The molecule has 0 N–H and O–H groups in total. The van der Waals surface area contributed by atoms with E-state index in [4.69, 9.17) is 19.9 Å². The van der Waals surface area contributed by atoms with Gasteiger partial charge in [0.15, 0.2) is 0 Å². The zero-order valence-electron chi connectivity index (χ0n) is 25.7. The summed E-state index contributed by atoms with van der Waals surface area (Å²) in [5, 5.41) is 4.35. The Morgan fingerprint density at radius 2 is 0.894 bits per heavy atom. The Hall–Kier alpha value is -6.26. The van der Waals surface area contributed by atoms with Crippen LogP contribution in [0, 0.1) is 6.92 Å². The van der Waals surface area contributed by atoms with Gasteiger partial charge in [-0.2, -0.15) is 0 Å². The molecule has 4 heteroatoms. The smallest absolute Gasteiger partial charge is 0.0972 e. The lowest BCUT2D eigenvalue weighted by molar-refractivity contribution is 1.33. The van der Waals surface area contributed by atoms with Crippen LogP contribution in [-0.2, 0) is 0 Å². The maximum Gasteiger partial charge on any atom is 0.0972 e. The Morgan fingerprint density at radius 1 is 0.383 bits per heavy atom. The minimum atomic E-state index is 0.907. The average Bonchev–Trinajstić information content (AvgIpc) is 3.14. The van der Waals surface area contributed by atoms with E-state index in [0.29, 0.717) is 0 Å². The van der Waals surface area contributed by atoms with Crippen molar-refractivity contribution in [1.29, 1.82) is 0 Å². The van der Waals surface area contributed by atoms with E-state index < -0.39 is 0 Å². The topological polar surface area (TPSA) is 51.6 Å². The summed E-state index contributed by atoms with van der Waals surface area (Å²) in [6, 6.07) is 48.7. The molecule has 9 rings (SSSR count). The first-order chi connectivity index (χ1) is 23.2. The molecule has 0 atom stereocenters.